The number of sulfonamides is 1. The monoisotopic (exact) mass is 311 g/mol. The lowest BCUT2D eigenvalue weighted by Crippen LogP contribution is -2.23. The number of rotatable bonds is 6. The number of pyridine rings is 1. The second kappa shape index (κ2) is 6.34. The molecule has 0 bridgehead atoms. The van der Waals surface area contributed by atoms with Crippen molar-refractivity contribution in [2.24, 2.45) is 0 Å². The highest BCUT2D eigenvalue weighted by Gasteiger charge is 2.15. The molecule has 7 heteroatoms. The highest BCUT2D eigenvalue weighted by molar-refractivity contribution is 7.89. The van der Waals surface area contributed by atoms with Gasteiger partial charge in [-0.15, -0.1) is 11.3 Å². The Morgan fingerprint density at radius 1 is 1.35 bits per heavy atom. The second-order valence-corrected chi connectivity index (χ2v) is 6.94. The van der Waals surface area contributed by atoms with Gasteiger partial charge in [0, 0.05) is 30.7 Å². The Labute approximate surface area is 123 Å². The highest BCUT2D eigenvalue weighted by Crippen LogP contribution is 2.18. The summed E-state index contributed by atoms with van der Waals surface area (Å²) in [6.45, 7) is 2.38. The van der Waals surface area contributed by atoms with Crippen LogP contribution >= 0.6 is 11.3 Å². The van der Waals surface area contributed by atoms with Gasteiger partial charge in [0.15, 0.2) is 0 Å². The van der Waals surface area contributed by atoms with Gasteiger partial charge in [-0.05, 0) is 29.5 Å². The molecule has 0 unspecified atom stereocenters. The van der Waals surface area contributed by atoms with Crippen molar-refractivity contribution in [3.63, 3.8) is 0 Å². The lowest BCUT2D eigenvalue weighted by atomic mass is 10.2. The molecule has 2 N–H and O–H groups in total. The molecular weight excluding hydrogens is 294 g/mol. The molecule has 2 aromatic heterocycles. The summed E-state index contributed by atoms with van der Waals surface area (Å²) in [4.78, 5) is 5.28. The number of nitrogens with zero attached hydrogens (tertiary/aromatic N) is 1. The van der Waals surface area contributed by atoms with E-state index in [1.54, 1.807) is 18.4 Å². The van der Waals surface area contributed by atoms with Crippen molar-refractivity contribution in [2.45, 2.75) is 24.8 Å². The van der Waals surface area contributed by atoms with Crippen LogP contribution in [0.2, 0.25) is 0 Å². The van der Waals surface area contributed by atoms with Gasteiger partial charge in [0.2, 0.25) is 10.0 Å². The molecule has 0 aliphatic carbocycles. The molecule has 0 aliphatic rings. The fourth-order valence-corrected chi connectivity index (χ4v) is 3.81. The van der Waals surface area contributed by atoms with E-state index in [0.717, 1.165) is 11.3 Å². The van der Waals surface area contributed by atoms with E-state index in [0.29, 0.717) is 12.4 Å². The van der Waals surface area contributed by atoms with Crippen LogP contribution in [-0.4, -0.2) is 20.4 Å². The molecule has 0 saturated carbocycles. The zero-order valence-electron chi connectivity index (χ0n) is 11.4. The maximum atomic E-state index is 12.2. The molecule has 0 atom stereocenters. The Hall–Kier alpha value is -1.44. The smallest absolute Gasteiger partial charge is 0.241 e. The maximum absolute atomic E-state index is 12.2. The summed E-state index contributed by atoms with van der Waals surface area (Å²) < 4.78 is 27.1. The van der Waals surface area contributed by atoms with E-state index < -0.39 is 10.0 Å². The average molecular weight is 311 g/mol. The van der Waals surface area contributed by atoms with Crippen molar-refractivity contribution in [3.05, 3.63) is 40.2 Å². The summed E-state index contributed by atoms with van der Waals surface area (Å²) in [6, 6.07) is 5.02. The molecule has 2 rings (SSSR count). The van der Waals surface area contributed by atoms with E-state index >= 15 is 0 Å². The number of thiophene rings is 1. The predicted molar refractivity (Wildman–Crippen MR) is 81.5 cm³/mol. The second-order valence-electron chi connectivity index (χ2n) is 4.17. The number of nitrogens with one attached hydrogen (secondary N) is 2. The Kier molecular flexibility index (Phi) is 4.74. The molecule has 0 radical (unpaired) electrons. The van der Waals surface area contributed by atoms with Crippen molar-refractivity contribution in [2.75, 3.05) is 12.4 Å². The molecule has 0 aliphatic heterocycles. The van der Waals surface area contributed by atoms with Crippen LogP contribution in [0.1, 0.15) is 17.4 Å². The van der Waals surface area contributed by atoms with E-state index in [4.69, 9.17) is 0 Å². The van der Waals surface area contributed by atoms with Crippen molar-refractivity contribution < 1.29 is 8.42 Å². The van der Waals surface area contributed by atoms with Gasteiger partial charge in [-0.2, -0.15) is 0 Å². The van der Waals surface area contributed by atoms with Gasteiger partial charge in [0.25, 0.3) is 0 Å². The lowest BCUT2D eigenvalue weighted by Gasteiger charge is -2.08. The van der Waals surface area contributed by atoms with Crippen LogP contribution in [-0.2, 0) is 23.0 Å². The molecular formula is C13H17N3O2S2. The SMILES string of the molecule is CCc1ccsc1CNS(=O)(=O)c1ccnc(NC)c1. The fourth-order valence-electron chi connectivity index (χ4n) is 1.80. The Bertz CT molecular complexity index is 680. The van der Waals surface area contributed by atoms with E-state index in [1.807, 2.05) is 11.4 Å². The van der Waals surface area contributed by atoms with Gasteiger partial charge in [0.05, 0.1) is 4.90 Å². The quantitative estimate of drug-likeness (QED) is 0.858. The zero-order valence-corrected chi connectivity index (χ0v) is 13.0. The van der Waals surface area contributed by atoms with Gasteiger partial charge in [-0.1, -0.05) is 6.92 Å². The Morgan fingerprint density at radius 3 is 2.85 bits per heavy atom. The third kappa shape index (κ3) is 3.36. The topological polar surface area (TPSA) is 71.1 Å². The molecule has 0 amide bonds. The van der Waals surface area contributed by atoms with Crippen LogP contribution in [0.3, 0.4) is 0 Å². The summed E-state index contributed by atoms with van der Waals surface area (Å²) in [5.74, 6) is 0.526. The average Bonchev–Trinajstić information content (AvgIpc) is 2.93. The third-order valence-corrected chi connectivity index (χ3v) is 5.30. The molecule has 0 saturated heterocycles. The van der Waals surface area contributed by atoms with E-state index in [2.05, 4.69) is 21.9 Å². The number of aryl methyl sites for hydroxylation is 1. The maximum Gasteiger partial charge on any atom is 0.241 e. The third-order valence-electron chi connectivity index (χ3n) is 2.94. The first kappa shape index (κ1) is 15.0. The molecule has 0 aromatic carbocycles. The first-order valence-electron chi connectivity index (χ1n) is 6.25. The van der Waals surface area contributed by atoms with Gasteiger partial charge >= 0.3 is 0 Å². The number of hydrogen-bond acceptors (Lipinski definition) is 5. The summed E-state index contributed by atoms with van der Waals surface area (Å²) in [7, 11) is -1.82. The Morgan fingerprint density at radius 2 is 2.15 bits per heavy atom. The minimum absolute atomic E-state index is 0.214. The molecule has 108 valence electrons. The van der Waals surface area contributed by atoms with Gasteiger partial charge in [-0.3, -0.25) is 0 Å². The summed E-state index contributed by atoms with van der Waals surface area (Å²) in [5, 5.41) is 4.81. The van der Waals surface area contributed by atoms with Gasteiger partial charge < -0.3 is 5.32 Å². The highest BCUT2D eigenvalue weighted by atomic mass is 32.2. The molecule has 2 aromatic rings. The molecule has 5 nitrogen and oxygen atoms in total. The van der Waals surface area contributed by atoms with E-state index in [1.165, 1.54) is 23.9 Å². The number of aromatic nitrogens is 1. The van der Waals surface area contributed by atoms with Crippen LogP contribution in [0, 0.1) is 0 Å². The fraction of sp³-hybridized carbons (Fsp3) is 0.308. The minimum atomic E-state index is -3.52. The first-order valence-corrected chi connectivity index (χ1v) is 8.62. The molecule has 2 heterocycles. The minimum Gasteiger partial charge on any atom is -0.373 e. The van der Waals surface area contributed by atoms with Crippen LogP contribution in [0.15, 0.2) is 34.7 Å². The normalized spacial score (nSPS) is 11.5. The summed E-state index contributed by atoms with van der Waals surface area (Å²) >= 11 is 1.57. The largest absolute Gasteiger partial charge is 0.373 e. The van der Waals surface area contributed by atoms with Crippen LogP contribution < -0.4 is 10.0 Å². The number of hydrogen-bond donors (Lipinski definition) is 2. The standard InChI is InChI=1S/C13H17N3O2S2/c1-3-10-5-7-19-12(10)9-16-20(17,18)11-4-6-15-13(8-11)14-2/h4-8,16H,3,9H2,1-2H3,(H,14,15). The van der Waals surface area contributed by atoms with Gasteiger partial charge in [0.1, 0.15) is 5.82 Å². The van der Waals surface area contributed by atoms with Crippen LogP contribution in [0.5, 0.6) is 0 Å². The van der Waals surface area contributed by atoms with Crippen molar-refractivity contribution >= 4 is 27.2 Å². The lowest BCUT2D eigenvalue weighted by molar-refractivity contribution is 0.581. The van der Waals surface area contributed by atoms with E-state index in [9.17, 15) is 8.42 Å². The van der Waals surface area contributed by atoms with E-state index in [-0.39, 0.29) is 4.90 Å². The predicted octanol–water partition coefficient (Wildman–Crippen LogP) is 2.23. The van der Waals surface area contributed by atoms with Crippen molar-refractivity contribution in [3.8, 4) is 0 Å². The molecule has 0 fully saturated rings. The zero-order chi connectivity index (χ0) is 14.6. The summed E-state index contributed by atoms with van der Waals surface area (Å²) in [5.41, 5.74) is 1.18. The Balaban J connectivity index is 2.15. The van der Waals surface area contributed by atoms with Crippen LogP contribution in [0.25, 0.3) is 0 Å². The van der Waals surface area contributed by atoms with Crippen LogP contribution in [0.4, 0.5) is 5.82 Å². The van der Waals surface area contributed by atoms with Crippen molar-refractivity contribution in [1.29, 1.82) is 0 Å². The van der Waals surface area contributed by atoms with Crippen molar-refractivity contribution in [1.82, 2.24) is 9.71 Å². The summed E-state index contributed by atoms with van der Waals surface area (Å²) in [6.07, 6.45) is 2.38. The number of anilines is 1. The first-order chi connectivity index (χ1) is 9.56. The van der Waals surface area contributed by atoms with Gasteiger partial charge in [-0.25, -0.2) is 18.1 Å². The molecule has 0 spiro atoms. The molecule has 20 heavy (non-hydrogen) atoms.